The molecule has 7 nitrogen and oxygen atoms in total. The van der Waals surface area contributed by atoms with Crippen LogP contribution in [0.1, 0.15) is 19.8 Å². The monoisotopic (exact) mass is 318 g/mol. The van der Waals surface area contributed by atoms with Gasteiger partial charge in [0.15, 0.2) is 0 Å². The molecule has 1 N–H and O–H groups in total. The van der Waals surface area contributed by atoms with Crippen molar-refractivity contribution in [2.24, 2.45) is 5.92 Å². The number of hydrogen-bond acceptors (Lipinski definition) is 4. The van der Waals surface area contributed by atoms with E-state index < -0.39 is 16.3 Å². The number of carbonyl (C=O) groups is 1. The number of nitrogens with one attached hydrogen (secondary N) is 1. The minimum absolute atomic E-state index is 0.171. The van der Waals surface area contributed by atoms with Crippen LogP contribution in [0.25, 0.3) is 0 Å². The summed E-state index contributed by atoms with van der Waals surface area (Å²) in [6.45, 7) is 4.48. The van der Waals surface area contributed by atoms with Gasteiger partial charge in [0.05, 0.1) is 0 Å². The van der Waals surface area contributed by atoms with E-state index in [2.05, 4.69) is 12.2 Å². The van der Waals surface area contributed by atoms with Crippen molar-refractivity contribution in [2.75, 3.05) is 46.8 Å². The lowest BCUT2D eigenvalue weighted by atomic mass is 10.0. The van der Waals surface area contributed by atoms with Crippen molar-refractivity contribution in [3.05, 3.63) is 0 Å². The van der Waals surface area contributed by atoms with Gasteiger partial charge in [-0.25, -0.2) is 0 Å². The molecular weight excluding hydrogens is 292 g/mol. The summed E-state index contributed by atoms with van der Waals surface area (Å²) in [7, 11) is -0.252. The Labute approximate surface area is 127 Å². The first-order valence-electron chi connectivity index (χ1n) is 7.53. The molecule has 2 fully saturated rings. The zero-order valence-electron chi connectivity index (χ0n) is 13.1. The molecule has 1 amide bonds. The third-order valence-corrected chi connectivity index (χ3v) is 6.18. The molecule has 0 spiro atoms. The van der Waals surface area contributed by atoms with Crippen LogP contribution >= 0.6 is 0 Å². The van der Waals surface area contributed by atoms with Crippen LogP contribution in [-0.2, 0) is 15.0 Å². The van der Waals surface area contributed by atoms with Crippen LogP contribution in [-0.4, -0.2) is 80.7 Å². The summed E-state index contributed by atoms with van der Waals surface area (Å²) in [5.74, 6) is 0.204. The highest BCUT2D eigenvalue weighted by Gasteiger charge is 2.41. The molecule has 2 heterocycles. The first-order chi connectivity index (χ1) is 9.84. The smallest absolute Gasteiger partial charge is 0.282 e. The van der Waals surface area contributed by atoms with E-state index in [4.69, 9.17) is 0 Å². The van der Waals surface area contributed by atoms with Gasteiger partial charge in [-0.15, -0.1) is 0 Å². The van der Waals surface area contributed by atoms with Crippen molar-refractivity contribution in [1.82, 2.24) is 18.8 Å². The molecule has 2 rings (SSSR count). The molecule has 21 heavy (non-hydrogen) atoms. The quantitative estimate of drug-likeness (QED) is 0.749. The molecule has 0 aromatic carbocycles. The molecular formula is C13H26N4O3S. The predicted octanol–water partition coefficient (Wildman–Crippen LogP) is -0.675. The standard InChI is InChI=1S/C13H26N4O3S/c1-11-5-4-7-16(10-11)21(19,20)17-8-6-14-9-12(17)13(18)15(2)3/h11-12,14H,4-10H2,1-3H3. The maximum Gasteiger partial charge on any atom is 0.282 e. The van der Waals surface area contributed by atoms with Crippen molar-refractivity contribution < 1.29 is 13.2 Å². The van der Waals surface area contributed by atoms with Gasteiger partial charge in [-0.05, 0) is 18.8 Å². The van der Waals surface area contributed by atoms with Gasteiger partial charge in [0.25, 0.3) is 10.2 Å². The van der Waals surface area contributed by atoms with Gasteiger partial charge in [-0.2, -0.15) is 17.0 Å². The number of carbonyl (C=O) groups excluding carboxylic acids is 1. The van der Waals surface area contributed by atoms with E-state index in [-0.39, 0.29) is 5.91 Å². The van der Waals surface area contributed by atoms with Crippen molar-refractivity contribution in [1.29, 1.82) is 0 Å². The first-order valence-corrected chi connectivity index (χ1v) is 8.92. The average molecular weight is 318 g/mol. The zero-order chi connectivity index (χ0) is 15.6. The van der Waals surface area contributed by atoms with Crippen LogP contribution in [0, 0.1) is 5.92 Å². The largest absolute Gasteiger partial charge is 0.347 e. The second kappa shape index (κ2) is 6.60. The van der Waals surface area contributed by atoms with Crippen molar-refractivity contribution in [2.45, 2.75) is 25.8 Å². The van der Waals surface area contributed by atoms with Crippen LogP contribution in [0.3, 0.4) is 0 Å². The molecule has 2 unspecified atom stereocenters. The summed E-state index contributed by atoms with van der Waals surface area (Å²) in [5.41, 5.74) is 0. The summed E-state index contributed by atoms with van der Waals surface area (Å²) < 4.78 is 28.7. The summed E-state index contributed by atoms with van der Waals surface area (Å²) >= 11 is 0. The highest BCUT2D eigenvalue weighted by atomic mass is 32.2. The number of piperidine rings is 1. The summed E-state index contributed by atoms with van der Waals surface area (Å²) in [6, 6.07) is -0.643. The van der Waals surface area contributed by atoms with Gasteiger partial charge >= 0.3 is 0 Å². The Hall–Kier alpha value is -0.700. The van der Waals surface area contributed by atoms with E-state index >= 15 is 0 Å². The minimum atomic E-state index is -3.57. The van der Waals surface area contributed by atoms with Crippen molar-refractivity contribution >= 4 is 16.1 Å². The summed E-state index contributed by atoms with van der Waals surface area (Å²) in [6.07, 6.45) is 1.95. The van der Waals surface area contributed by atoms with Gasteiger partial charge in [0.1, 0.15) is 6.04 Å². The number of nitrogens with zero attached hydrogens (tertiary/aromatic N) is 3. The average Bonchev–Trinajstić information content (AvgIpc) is 2.46. The van der Waals surface area contributed by atoms with Gasteiger partial charge in [0.2, 0.25) is 5.91 Å². The highest BCUT2D eigenvalue weighted by molar-refractivity contribution is 7.86. The van der Waals surface area contributed by atoms with Crippen LogP contribution in [0.2, 0.25) is 0 Å². The number of piperazine rings is 1. The van der Waals surface area contributed by atoms with E-state index in [0.717, 1.165) is 12.8 Å². The van der Waals surface area contributed by atoms with Crippen molar-refractivity contribution in [3.63, 3.8) is 0 Å². The molecule has 2 atom stereocenters. The molecule has 0 aliphatic carbocycles. The number of hydrogen-bond donors (Lipinski definition) is 1. The molecule has 0 bridgehead atoms. The van der Waals surface area contributed by atoms with Crippen LogP contribution in [0.4, 0.5) is 0 Å². The Morgan fingerprint density at radius 2 is 2.00 bits per heavy atom. The van der Waals surface area contributed by atoms with Crippen LogP contribution in [0.5, 0.6) is 0 Å². The molecule has 0 saturated carbocycles. The summed E-state index contributed by atoms with van der Waals surface area (Å²) in [5, 5.41) is 3.11. The topological polar surface area (TPSA) is 73.0 Å². The Bertz CT molecular complexity index is 480. The Kier molecular flexibility index (Phi) is 5.24. The number of amides is 1. The van der Waals surface area contributed by atoms with Crippen LogP contribution in [0.15, 0.2) is 0 Å². The van der Waals surface area contributed by atoms with E-state index in [1.165, 1.54) is 9.21 Å². The third-order valence-electron chi connectivity index (χ3n) is 4.16. The zero-order valence-corrected chi connectivity index (χ0v) is 13.9. The normalized spacial score (nSPS) is 29.3. The van der Waals surface area contributed by atoms with Crippen LogP contribution < -0.4 is 5.32 Å². The van der Waals surface area contributed by atoms with Gasteiger partial charge < -0.3 is 10.2 Å². The third kappa shape index (κ3) is 3.56. The molecule has 0 radical (unpaired) electrons. The SMILES string of the molecule is CC1CCCN(S(=O)(=O)N2CCNCC2C(=O)N(C)C)C1. The van der Waals surface area contributed by atoms with E-state index in [1.807, 2.05) is 0 Å². The molecule has 0 aromatic heterocycles. The Morgan fingerprint density at radius 3 is 2.62 bits per heavy atom. The number of likely N-dealkylation sites (N-methyl/N-ethyl adjacent to an activating group) is 1. The predicted molar refractivity (Wildman–Crippen MR) is 80.9 cm³/mol. The summed E-state index contributed by atoms with van der Waals surface area (Å²) in [4.78, 5) is 13.7. The molecule has 0 aromatic rings. The first kappa shape index (κ1) is 16.7. The molecule has 8 heteroatoms. The minimum Gasteiger partial charge on any atom is -0.347 e. The Morgan fingerprint density at radius 1 is 1.29 bits per heavy atom. The second-order valence-electron chi connectivity index (χ2n) is 6.18. The maximum atomic E-state index is 12.9. The van der Waals surface area contributed by atoms with E-state index in [1.54, 1.807) is 18.4 Å². The van der Waals surface area contributed by atoms with Gasteiger partial charge in [-0.1, -0.05) is 6.92 Å². The lowest BCUT2D eigenvalue weighted by Crippen LogP contribution is -2.62. The fourth-order valence-corrected chi connectivity index (χ4v) is 4.88. The van der Waals surface area contributed by atoms with E-state index in [0.29, 0.717) is 38.6 Å². The fraction of sp³-hybridized carbons (Fsp3) is 0.923. The molecule has 2 saturated heterocycles. The lowest BCUT2D eigenvalue weighted by Gasteiger charge is -2.40. The van der Waals surface area contributed by atoms with Gasteiger partial charge in [-0.3, -0.25) is 4.79 Å². The molecule has 2 aliphatic rings. The molecule has 122 valence electrons. The molecule has 2 aliphatic heterocycles. The van der Waals surface area contributed by atoms with Crippen molar-refractivity contribution in [3.8, 4) is 0 Å². The Balaban J connectivity index is 2.21. The maximum absolute atomic E-state index is 12.9. The lowest BCUT2D eigenvalue weighted by molar-refractivity contribution is -0.133. The fourth-order valence-electron chi connectivity index (χ4n) is 2.97. The highest BCUT2D eigenvalue weighted by Crippen LogP contribution is 2.23. The second-order valence-corrected chi connectivity index (χ2v) is 8.06. The van der Waals surface area contributed by atoms with E-state index in [9.17, 15) is 13.2 Å². The van der Waals surface area contributed by atoms with Gasteiger partial charge in [0, 0.05) is 46.8 Å². The number of rotatable bonds is 3.